The minimum atomic E-state index is 0. The minimum absolute atomic E-state index is 0. The molecule has 1 aliphatic heterocycles. The number of carbonyl (C=O) groups excluding carboxylic acids is 1. The lowest BCUT2D eigenvalue weighted by molar-refractivity contribution is 0.0787. The van der Waals surface area contributed by atoms with Gasteiger partial charge in [0, 0.05) is 31.2 Å². The van der Waals surface area contributed by atoms with Crippen LogP contribution >= 0.6 is 12.4 Å². The van der Waals surface area contributed by atoms with Crippen molar-refractivity contribution < 1.29 is 4.79 Å². The summed E-state index contributed by atoms with van der Waals surface area (Å²) in [5.41, 5.74) is 6.81. The molecule has 0 bridgehead atoms. The molecule has 0 spiro atoms. The summed E-state index contributed by atoms with van der Waals surface area (Å²) < 4.78 is 0. The molecule has 1 atom stereocenters. The molecule has 0 radical (unpaired) electrons. The van der Waals surface area contributed by atoms with E-state index in [1.54, 1.807) is 18.5 Å². The zero-order valence-corrected chi connectivity index (χ0v) is 10.7. The summed E-state index contributed by atoms with van der Waals surface area (Å²) in [6, 6.07) is 1.67. The predicted molar refractivity (Wildman–Crippen MR) is 70.2 cm³/mol. The highest BCUT2D eigenvalue weighted by atomic mass is 35.5. The number of carbonyl (C=O) groups is 1. The smallest absolute Gasteiger partial charge is 0.257 e. The Balaban J connectivity index is 0.00000144. The van der Waals surface area contributed by atoms with Gasteiger partial charge in [0.25, 0.3) is 5.91 Å². The number of halogens is 1. The van der Waals surface area contributed by atoms with Crippen molar-refractivity contribution in [1.29, 1.82) is 0 Å². The topological polar surface area (TPSA) is 59.2 Å². The first-order valence-electron chi connectivity index (χ1n) is 5.71. The highest BCUT2D eigenvalue weighted by Crippen LogP contribution is 2.22. The lowest BCUT2D eigenvalue weighted by Gasteiger charge is -2.16. The fourth-order valence-electron chi connectivity index (χ4n) is 2.10. The van der Waals surface area contributed by atoms with Crippen molar-refractivity contribution in [2.24, 2.45) is 5.92 Å². The highest BCUT2D eigenvalue weighted by Gasteiger charge is 2.26. The van der Waals surface area contributed by atoms with Gasteiger partial charge >= 0.3 is 0 Å². The number of hydrogen-bond donors (Lipinski definition) is 1. The van der Waals surface area contributed by atoms with Crippen molar-refractivity contribution in [2.75, 3.05) is 18.8 Å². The van der Waals surface area contributed by atoms with Gasteiger partial charge in [-0.25, -0.2) is 0 Å². The summed E-state index contributed by atoms with van der Waals surface area (Å²) in [6.07, 6.45) is 5.39. The molecule has 1 fully saturated rings. The summed E-state index contributed by atoms with van der Waals surface area (Å²) in [5.74, 6) is 0.656. The number of nitrogens with two attached hydrogens (primary N) is 1. The number of anilines is 1. The zero-order chi connectivity index (χ0) is 11.5. The van der Waals surface area contributed by atoms with Gasteiger partial charge in [-0.3, -0.25) is 9.78 Å². The van der Waals surface area contributed by atoms with E-state index in [0.717, 1.165) is 25.9 Å². The predicted octanol–water partition coefficient (Wildman–Crippen LogP) is 1.96. The van der Waals surface area contributed by atoms with Crippen molar-refractivity contribution in [1.82, 2.24) is 9.88 Å². The monoisotopic (exact) mass is 255 g/mol. The van der Waals surface area contributed by atoms with Crippen LogP contribution in [0.3, 0.4) is 0 Å². The molecule has 2 rings (SSSR count). The quantitative estimate of drug-likeness (QED) is 0.879. The van der Waals surface area contributed by atoms with Crippen LogP contribution in [0.25, 0.3) is 0 Å². The van der Waals surface area contributed by atoms with Crippen LogP contribution in [0.4, 0.5) is 5.69 Å². The molecule has 1 amide bonds. The van der Waals surface area contributed by atoms with Crippen LogP contribution in [-0.4, -0.2) is 28.9 Å². The molecule has 5 heteroatoms. The zero-order valence-electron chi connectivity index (χ0n) is 9.93. The SMILES string of the molecule is CCC1CCN(C(=O)c2cnccc2N)C1.Cl. The third kappa shape index (κ3) is 2.88. The van der Waals surface area contributed by atoms with Crippen LogP contribution in [-0.2, 0) is 0 Å². The lowest BCUT2D eigenvalue weighted by atomic mass is 10.1. The van der Waals surface area contributed by atoms with Crippen molar-refractivity contribution >= 4 is 24.0 Å². The third-order valence-corrected chi connectivity index (χ3v) is 3.24. The number of pyridine rings is 1. The summed E-state index contributed by atoms with van der Waals surface area (Å²) in [5, 5.41) is 0. The van der Waals surface area contributed by atoms with E-state index in [4.69, 9.17) is 5.73 Å². The number of likely N-dealkylation sites (tertiary alicyclic amines) is 1. The molecule has 0 aromatic carbocycles. The average molecular weight is 256 g/mol. The molecule has 0 saturated carbocycles. The van der Waals surface area contributed by atoms with Gasteiger partial charge in [0.15, 0.2) is 0 Å². The van der Waals surface area contributed by atoms with Crippen LogP contribution < -0.4 is 5.73 Å². The first-order chi connectivity index (χ1) is 7.72. The summed E-state index contributed by atoms with van der Waals surface area (Å²) >= 11 is 0. The van der Waals surface area contributed by atoms with Crippen LogP contribution in [0, 0.1) is 5.92 Å². The standard InChI is InChI=1S/C12H17N3O.ClH/c1-2-9-4-6-15(8-9)12(16)10-7-14-5-3-11(10)13;/h3,5,7,9H,2,4,6,8H2,1H3,(H2,13,14);1H. The van der Waals surface area contributed by atoms with E-state index in [2.05, 4.69) is 11.9 Å². The van der Waals surface area contributed by atoms with Crippen LogP contribution in [0.1, 0.15) is 30.1 Å². The normalized spacial score (nSPS) is 18.9. The van der Waals surface area contributed by atoms with Gasteiger partial charge < -0.3 is 10.6 Å². The molecular weight excluding hydrogens is 238 g/mol. The molecule has 94 valence electrons. The first-order valence-corrected chi connectivity index (χ1v) is 5.71. The fourth-order valence-corrected chi connectivity index (χ4v) is 2.10. The molecule has 4 nitrogen and oxygen atoms in total. The molecule has 1 saturated heterocycles. The lowest BCUT2D eigenvalue weighted by Crippen LogP contribution is -2.29. The maximum Gasteiger partial charge on any atom is 0.257 e. The average Bonchev–Trinajstić information content (AvgIpc) is 2.77. The van der Waals surface area contributed by atoms with Crippen LogP contribution in [0.15, 0.2) is 18.5 Å². The number of hydrogen-bond acceptors (Lipinski definition) is 3. The summed E-state index contributed by atoms with van der Waals surface area (Å²) in [6.45, 7) is 3.85. The van der Waals surface area contributed by atoms with E-state index in [1.165, 1.54) is 0 Å². The molecular formula is C12H18ClN3O. The Morgan fingerprint density at radius 1 is 1.65 bits per heavy atom. The van der Waals surface area contributed by atoms with E-state index in [9.17, 15) is 4.79 Å². The van der Waals surface area contributed by atoms with Crippen LogP contribution in [0.2, 0.25) is 0 Å². The van der Waals surface area contributed by atoms with E-state index in [1.807, 2.05) is 4.90 Å². The van der Waals surface area contributed by atoms with Gasteiger partial charge in [-0.05, 0) is 18.4 Å². The second-order valence-electron chi connectivity index (χ2n) is 4.28. The van der Waals surface area contributed by atoms with Gasteiger partial charge in [-0.2, -0.15) is 0 Å². The third-order valence-electron chi connectivity index (χ3n) is 3.24. The number of amides is 1. The molecule has 1 aromatic rings. The number of aromatic nitrogens is 1. The number of nitrogen functional groups attached to an aromatic ring is 1. The minimum Gasteiger partial charge on any atom is -0.398 e. The van der Waals surface area contributed by atoms with Gasteiger partial charge in [0.05, 0.1) is 5.56 Å². The Morgan fingerprint density at radius 2 is 2.41 bits per heavy atom. The van der Waals surface area contributed by atoms with Gasteiger partial charge in [-0.15, -0.1) is 12.4 Å². The molecule has 17 heavy (non-hydrogen) atoms. The van der Waals surface area contributed by atoms with Gasteiger partial charge in [-0.1, -0.05) is 13.3 Å². The van der Waals surface area contributed by atoms with E-state index in [-0.39, 0.29) is 18.3 Å². The van der Waals surface area contributed by atoms with Crippen molar-refractivity contribution in [2.45, 2.75) is 19.8 Å². The fraction of sp³-hybridized carbons (Fsp3) is 0.500. The first kappa shape index (κ1) is 13.8. The maximum atomic E-state index is 12.1. The van der Waals surface area contributed by atoms with E-state index < -0.39 is 0 Å². The Morgan fingerprint density at radius 3 is 3.00 bits per heavy atom. The Kier molecular flexibility index (Phi) is 4.75. The highest BCUT2D eigenvalue weighted by molar-refractivity contribution is 5.98. The van der Waals surface area contributed by atoms with E-state index in [0.29, 0.717) is 17.2 Å². The molecule has 2 heterocycles. The van der Waals surface area contributed by atoms with Gasteiger partial charge in [0.2, 0.25) is 0 Å². The van der Waals surface area contributed by atoms with Crippen molar-refractivity contribution in [3.8, 4) is 0 Å². The molecule has 1 aliphatic rings. The summed E-state index contributed by atoms with van der Waals surface area (Å²) in [7, 11) is 0. The maximum absolute atomic E-state index is 12.1. The number of rotatable bonds is 2. The van der Waals surface area contributed by atoms with Crippen molar-refractivity contribution in [3.05, 3.63) is 24.0 Å². The molecule has 2 N–H and O–H groups in total. The Bertz CT molecular complexity index is 397. The largest absolute Gasteiger partial charge is 0.398 e. The molecule has 1 unspecified atom stereocenters. The molecule has 1 aromatic heterocycles. The van der Waals surface area contributed by atoms with Crippen molar-refractivity contribution in [3.63, 3.8) is 0 Å². The second kappa shape index (κ2) is 5.87. The number of nitrogens with zero attached hydrogens (tertiary/aromatic N) is 2. The second-order valence-corrected chi connectivity index (χ2v) is 4.28. The Hall–Kier alpha value is -1.29. The van der Waals surface area contributed by atoms with E-state index >= 15 is 0 Å². The van der Waals surface area contributed by atoms with Crippen LogP contribution in [0.5, 0.6) is 0 Å². The van der Waals surface area contributed by atoms with Gasteiger partial charge in [0.1, 0.15) is 0 Å². The Labute approximate surface area is 108 Å². The summed E-state index contributed by atoms with van der Waals surface area (Å²) in [4.78, 5) is 18.0. The molecule has 0 aliphatic carbocycles.